The van der Waals surface area contributed by atoms with Crippen LogP contribution < -0.4 is 15.5 Å². The maximum absolute atomic E-state index is 12.1. The summed E-state index contributed by atoms with van der Waals surface area (Å²) < 4.78 is 0. The highest BCUT2D eigenvalue weighted by molar-refractivity contribution is 7.13. The fourth-order valence-corrected chi connectivity index (χ4v) is 3.60. The lowest BCUT2D eigenvalue weighted by Crippen LogP contribution is -2.50. The van der Waals surface area contributed by atoms with Crippen molar-refractivity contribution in [1.29, 1.82) is 0 Å². The van der Waals surface area contributed by atoms with E-state index < -0.39 is 0 Å². The quantitative estimate of drug-likeness (QED) is 0.842. The fraction of sp³-hybridized carbons (Fsp3) is 0.412. The Morgan fingerprint density at radius 2 is 2.12 bits per heavy atom. The summed E-state index contributed by atoms with van der Waals surface area (Å²) in [5, 5.41) is 5.65. The van der Waals surface area contributed by atoms with Gasteiger partial charge in [0.1, 0.15) is 0 Å². The van der Waals surface area contributed by atoms with Crippen molar-refractivity contribution in [2.24, 2.45) is 0 Å². The zero-order chi connectivity index (χ0) is 17.6. The van der Waals surface area contributed by atoms with Crippen molar-refractivity contribution in [2.45, 2.75) is 25.8 Å². The molecule has 2 aromatic rings. The number of amides is 2. The van der Waals surface area contributed by atoms with Gasteiger partial charge in [0, 0.05) is 36.4 Å². The molecule has 3 heterocycles. The molecule has 1 aliphatic rings. The van der Waals surface area contributed by atoms with Gasteiger partial charge in [0.15, 0.2) is 0 Å². The van der Waals surface area contributed by atoms with E-state index in [4.69, 9.17) is 0 Å². The van der Waals surface area contributed by atoms with Gasteiger partial charge in [-0.3, -0.25) is 9.59 Å². The third kappa shape index (κ3) is 4.76. The van der Waals surface area contributed by atoms with Gasteiger partial charge in [-0.2, -0.15) is 0 Å². The molecule has 0 spiro atoms. The van der Waals surface area contributed by atoms with Gasteiger partial charge >= 0.3 is 0 Å². The van der Waals surface area contributed by atoms with Crippen LogP contribution in [0.3, 0.4) is 0 Å². The van der Waals surface area contributed by atoms with Crippen LogP contribution in [0.4, 0.5) is 5.95 Å². The first kappa shape index (κ1) is 17.3. The first-order valence-corrected chi connectivity index (χ1v) is 9.09. The number of hydrogen-bond acceptors (Lipinski definition) is 6. The van der Waals surface area contributed by atoms with Crippen LogP contribution in [0.1, 0.15) is 27.4 Å². The van der Waals surface area contributed by atoms with Crippen LogP contribution in [0.5, 0.6) is 0 Å². The van der Waals surface area contributed by atoms with Gasteiger partial charge in [0.05, 0.1) is 11.4 Å². The number of nitrogens with zero attached hydrogens (tertiary/aromatic N) is 3. The minimum absolute atomic E-state index is 0.0197. The topological polar surface area (TPSA) is 87.2 Å². The molecule has 2 aromatic heterocycles. The molecule has 3 rings (SSSR count). The highest BCUT2D eigenvalue weighted by Gasteiger charge is 2.23. The molecule has 8 heteroatoms. The first-order valence-electron chi connectivity index (χ1n) is 8.28. The second kappa shape index (κ2) is 8.06. The average molecular weight is 359 g/mol. The SMILES string of the molecule is Cc1ccc(C(=O)NCC(=O)NC2CCCN(c3ncccn3)C2)s1. The normalized spacial score (nSPS) is 17.2. The second-order valence-corrected chi connectivity index (χ2v) is 7.28. The predicted molar refractivity (Wildman–Crippen MR) is 96.8 cm³/mol. The first-order chi connectivity index (χ1) is 12.1. The summed E-state index contributed by atoms with van der Waals surface area (Å²) in [6.07, 6.45) is 5.30. The molecule has 25 heavy (non-hydrogen) atoms. The van der Waals surface area contributed by atoms with Crippen molar-refractivity contribution in [1.82, 2.24) is 20.6 Å². The largest absolute Gasteiger partial charge is 0.350 e. The Morgan fingerprint density at radius 1 is 1.32 bits per heavy atom. The summed E-state index contributed by atoms with van der Waals surface area (Å²) >= 11 is 1.42. The summed E-state index contributed by atoms with van der Waals surface area (Å²) in [5.74, 6) is 0.293. The maximum atomic E-state index is 12.1. The standard InChI is InChI=1S/C17H21N5O2S/c1-12-5-6-14(25-12)16(24)20-10-15(23)21-13-4-2-9-22(11-13)17-18-7-3-8-19-17/h3,5-8,13H,2,4,9-11H2,1H3,(H,20,24)(H,21,23). The van der Waals surface area contributed by atoms with Crippen LogP contribution >= 0.6 is 11.3 Å². The Hall–Kier alpha value is -2.48. The third-order valence-electron chi connectivity index (χ3n) is 4.00. The summed E-state index contributed by atoms with van der Waals surface area (Å²) in [5.41, 5.74) is 0. The lowest BCUT2D eigenvalue weighted by Gasteiger charge is -2.33. The van der Waals surface area contributed by atoms with Gasteiger partial charge in [0.2, 0.25) is 11.9 Å². The van der Waals surface area contributed by atoms with E-state index in [1.807, 2.05) is 13.0 Å². The van der Waals surface area contributed by atoms with Crippen molar-refractivity contribution < 1.29 is 9.59 Å². The number of anilines is 1. The molecule has 2 N–H and O–H groups in total. The van der Waals surface area contributed by atoms with Crippen molar-refractivity contribution in [3.05, 3.63) is 40.3 Å². The van der Waals surface area contributed by atoms with E-state index in [0.29, 0.717) is 17.4 Å². The van der Waals surface area contributed by atoms with E-state index in [-0.39, 0.29) is 24.4 Å². The van der Waals surface area contributed by atoms with Crippen LogP contribution in [0.15, 0.2) is 30.6 Å². The van der Waals surface area contributed by atoms with E-state index in [0.717, 1.165) is 24.3 Å². The van der Waals surface area contributed by atoms with Crippen LogP contribution in [-0.2, 0) is 4.79 Å². The molecule has 0 saturated carbocycles. The number of aromatic nitrogens is 2. The zero-order valence-electron chi connectivity index (χ0n) is 14.1. The van der Waals surface area contributed by atoms with Gasteiger partial charge in [-0.1, -0.05) is 0 Å². The lowest BCUT2D eigenvalue weighted by atomic mass is 10.1. The van der Waals surface area contributed by atoms with Gasteiger partial charge in [0.25, 0.3) is 5.91 Å². The number of thiophene rings is 1. The summed E-state index contributed by atoms with van der Waals surface area (Å²) in [7, 11) is 0. The number of carbonyl (C=O) groups excluding carboxylic acids is 2. The molecular formula is C17H21N5O2S. The Morgan fingerprint density at radius 3 is 2.84 bits per heavy atom. The Labute approximate surface area is 150 Å². The molecule has 1 atom stereocenters. The molecule has 1 unspecified atom stereocenters. The van der Waals surface area contributed by atoms with Crippen LogP contribution in [0, 0.1) is 6.92 Å². The van der Waals surface area contributed by atoms with Gasteiger partial charge < -0.3 is 15.5 Å². The molecule has 0 bridgehead atoms. The van der Waals surface area contributed by atoms with Gasteiger partial charge in [-0.15, -0.1) is 11.3 Å². The number of carbonyl (C=O) groups is 2. The van der Waals surface area contributed by atoms with Crippen LogP contribution in [-0.4, -0.2) is 47.5 Å². The van der Waals surface area contributed by atoms with Crippen molar-refractivity contribution in [2.75, 3.05) is 24.5 Å². The average Bonchev–Trinajstić information content (AvgIpc) is 3.07. The van der Waals surface area contributed by atoms with E-state index in [1.54, 1.807) is 24.5 Å². The van der Waals surface area contributed by atoms with Gasteiger partial charge in [-0.05, 0) is 38.0 Å². The predicted octanol–water partition coefficient (Wildman–Crippen LogP) is 1.36. The number of nitrogens with one attached hydrogen (secondary N) is 2. The highest BCUT2D eigenvalue weighted by atomic mass is 32.1. The molecule has 1 saturated heterocycles. The third-order valence-corrected chi connectivity index (χ3v) is 4.99. The number of rotatable bonds is 5. The van der Waals surface area contributed by atoms with Crippen molar-refractivity contribution in [3.63, 3.8) is 0 Å². The number of piperidine rings is 1. The lowest BCUT2D eigenvalue weighted by molar-refractivity contribution is -0.120. The van der Waals surface area contributed by atoms with E-state index >= 15 is 0 Å². The molecule has 0 radical (unpaired) electrons. The molecule has 132 valence electrons. The second-order valence-electron chi connectivity index (χ2n) is 5.99. The molecule has 1 fully saturated rings. The van der Waals surface area contributed by atoms with E-state index in [9.17, 15) is 9.59 Å². The van der Waals surface area contributed by atoms with Crippen LogP contribution in [0.25, 0.3) is 0 Å². The molecular weight excluding hydrogens is 338 g/mol. The molecule has 0 aliphatic carbocycles. The highest BCUT2D eigenvalue weighted by Crippen LogP contribution is 2.16. The number of hydrogen-bond donors (Lipinski definition) is 2. The summed E-state index contributed by atoms with van der Waals surface area (Å²) in [4.78, 5) is 36.4. The molecule has 1 aliphatic heterocycles. The van der Waals surface area contributed by atoms with Crippen molar-refractivity contribution >= 4 is 29.1 Å². The van der Waals surface area contributed by atoms with Gasteiger partial charge in [-0.25, -0.2) is 9.97 Å². The summed E-state index contributed by atoms with van der Waals surface area (Å²) in [6, 6.07) is 5.48. The fourth-order valence-electron chi connectivity index (χ4n) is 2.81. The monoisotopic (exact) mass is 359 g/mol. The Bertz CT molecular complexity index is 734. The minimum Gasteiger partial charge on any atom is -0.350 e. The zero-order valence-corrected chi connectivity index (χ0v) is 14.9. The minimum atomic E-state index is -0.212. The van der Waals surface area contributed by atoms with Crippen LogP contribution in [0.2, 0.25) is 0 Å². The Balaban J connectivity index is 1.47. The maximum Gasteiger partial charge on any atom is 0.261 e. The smallest absolute Gasteiger partial charge is 0.261 e. The molecule has 2 amide bonds. The molecule has 7 nitrogen and oxygen atoms in total. The van der Waals surface area contributed by atoms with Crippen molar-refractivity contribution in [3.8, 4) is 0 Å². The molecule has 0 aromatic carbocycles. The Kier molecular flexibility index (Phi) is 5.60. The van der Waals surface area contributed by atoms with E-state index in [1.165, 1.54) is 11.3 Å². The van der Waals surface area contributed by atoms with E-state index in [2.05, 4.69) is 25.5 Å². The summed E-state index contributed by atoms with van der Waals surface area (Å²) in [6.45, 7) is 3.48. The number of aryl methyl sites for hydroxylation is 1.